The van der Waals surface area contributed by atoms with E-state index < -0.39 is 5.76 Å². The smallest absolute Gasteiger partial charge is 0.406 e. The number of aromatic nitrogens is 1. The van der Waals surface area contributed by atoms with Gasteiger partial charge in [-0.15, -0.1) is 0 Å². The molecule has 5 nitrogen and oxygen atoms in total. The third-order valence-corrected chi connectivity index (χ3v) is 5.26. The van der Waals surface area contributed by atoms with Gasteiger partial charge in [-0.2, -0.15) is 0 Å². The second-order valence-electron chi connectivity index (χ2n) is 7.13. The Morgan fingerprint density at radius 1 is 0.966 bits per heavy atom. The molecule has 0 aliphatic carbocycles. The van der Waals surface area contributed by atoms with E-state index in [2.05, 4.69) is 14.8 Å². The first kappa shape index (κ1) is 13.0. The lowest BCUT2D eigenvalue weighted by Crippen LogP contribution is -2.46. The van der Waals surface area contributed by atoms with E-state index in [0.29, 0.717) is 23.2 Å². The molecule has 0 atom stereocenters. The number of aromatic amines is 1. The van der Waals surface area contributed by atoms with Crippen LogP contribution in [0.5, 0.6) is 0 Å². The Bertz CT molecular complexity index is 1410. The van der Waals surface area contributed by atoms with Gasteiger partial charge in [0.25, 0.3) is 0 Å². The molecule has 0 amide bonds. The molecule has 0 radical (unpaired) electrons. The van der Waals surface area contributed by atoms with Crippen LogP contribution in [-0.4, -0.2) is 36.1 Å². The quantitative estimate of drug-likeness (QED) is 0.570. The lowest BCUT2D eigenvalue weighted by Gasteiger charge is -2.36. The number of rotatable bonds is 4. The second kappa shape index (κ2) is 7.60. The Kier molecular flexibility index (Phi) is 3.41. The highest BCUT2D eigenvalue weighted by Gasteiger charge is 2.20. The summed E-state index contributed by atoms with van der Waals surface area (Å²) in [5, 5.41) is 0. The van der Waals surface area contributed by atoms with Crippen molar-refractivity contribution in [1.82, 2.24) is 9.88 Å². The summed E-state index contributed by atoms with van der Waals surface area (Å²) in [6.45, 7) is 3.85. The third kappa shape index (κ3) is 3.69. The summed E-state index contributed by atoms with van der Waals surface area (Å²) < 4.78 is 45.5. The normalized spacial score (nSPS) is 17.5. The molecule has 0 bridgehead atoms. The molecule has 1 saturated heterocycles. The van der Waals surface area contributed by atoms with Gasteiger partial charge in [-0.05, 0) is 34.9 Å². The van der Waals surface area contributed by atoms with Gasteiger partial charge in [0, 0.05) is 32.7 Å². The number of anilines is 1. The third-order valence-electron chi connectivity index (χ3n) is 5.26. The lowest BCUT2D eigenvalue weighted by atomic mass is 10.0. The molecule has 0 saturated carbocycles. The fraction of sp³-hybridized carbons (Fsp3) is 0.208. The van der Waals surface area contributed by atoms with Crippen molar-refractivity contribution in [2.45, 2.75) is 6.54 Å². The fourth-order valence-electron chi connectivity index (χ4n) is 3.83. The summed E-state index contributed by atoms with van der Waals surface area (Å²) in [6.07, 6.45) is 0. The Labute approximate surface area is 176 Å². The van der Waals surface area contributed by atoms with Crippen LogP contribution in [0.25, 0.3) is 22.2 Å². The first-order chi connectivity index (χ1) is 16.3. The number of fused-ring (bicyclic) bond motifs is 1. The van der Waals surface area contributed by atoms with Crippen LogP contribution in [0.2, 0.25) is 0 Å². The van der Waals surface area contributed by atoms with Gasteiger partial charge in [0.15, 0.2) is 5.58 Å². The van der Waals surface area contributed by atoms with Crippen LogP contribution in [0.4, 0.5) is 5.69 Å². The molecular formula is C24H23N3O2. The number of piperazine rings is 1. The highest BCUT2D eigenvalue weighted by atomic mass is 16.4. The van der Waals surface area contributed by atoms with Gasteiger partial charge in [-0.3, -0.25) is 9.88 Å². The van der Waals surface area contributed by atoms with E-state index in [4.69, 9.17) is 11.3 Å². The van der Waals surface area contributed by atoms with Crippen LogP contribution >= 0.6 is 0 Å². The first-order valence-electron chi connectivity index (χ1n) is 12.1. The molecule has 0 spiro atoms. The van der Waals surface area contributed by atoms with E-state index in [-0.39, 0.29) is 35.8 Å². The standard InChI is InChI=1S/C24H23N3O2/c28-24-25-21-10-5-11-22(23(21)29-24)27-14-12-26(13-15-27)17-18-6-4-9-20(16-18)19-7-2-1-3-8-19/h1-11,16H,12-15,17H2,(H,25,28)/i1D,2D,3D,7D,8D. The van der Waals surface area contributed by atoms with Crippen molar-refractivity contribution in [2.24, 2.45) is 0 Å². The minimum atomic E-state index is -0.458. The Morgan fingerprint density at radius 2 is 1.76 bits per heavy atom. The topological polar surface area (TPSA) is 52.5 Å². The maximum atomic E-state index is 11.6. The van der Waals surface area contributed by atoms with E-state index in [9.17, 15) is 4.79 Å². The zero-order chi connectivity index (χ0) is 24.0. The molecule has 2 heterocycles. The summed E-state index contributed by atoms with van der Waals surface area (Å²) in [5.41, 5.74) is 4.01. The Balaban J connectivity index is 1.33. The van der Waals surface area contributed by atoms with Crippen molar-refractivity contribution in [2.75, 3.05) is 31.1 Å². The maximum absolute atomic E-state index is 11.6. The van der Waals surface area contributed by atoms with Crippen LogP contribution in [0, 0.1) is 0 Å². The predicted molar refractivity (Wildman–Crippen MR) is 116 cm³/mol. The van der Waals surface area contributed by atoms with Crippen LogP contribution in [0.3, 0.4) is 0 Å². The van der Waals surface area contributed by atoms with Crippen molar-refractivity contribution in [3.8, 4) is 11.1 Å². The number of hydrogen-bond acceptors (Lipinski definition) is 4. The van der Waals surface area contributed by atoms with E-state index in [1.165, 1.54) is 0 Å². The molecule has 3 aromatic carbocycles. The summed E-state index contributed by atoms with van der Waals surface area (Å²) in [5.74, 6) is -0.458. The molecule has 1 N–H and O–H groups in total. The van der Waals surface area contributed by atoms with E-state index in [0.717, 1.165) is 37.4 Å². The van der Waals surface area contributed by atoms with Gasteiger partial charge in [-0.25, -0.2) is 4.79 Å². The number of para-hydroxylation sites is 1. The molecule has 146 valence electrons. The van der Waals surface area contributed by atoms with E-state index in [1.54, 1.807) is 6.07 Å². The predicted octanol–water partition coefficient (Wildman–Crippen LogP) is 4.11. The van der Waals surface area contributed by atoms with Gasteiger partial charge in [0.1, 0.15) is 0 Å². The average Bonchev–Trinajstić information content (AvgIpc) is 3.23. The van der Waals surface area contributed by atoms with Gasteiger partial charge in [-0.1, -0.05) is 54.5 Å². The highest BCUT2D eigenvalue weighted by molar-refractivity contribution is 5.86. The summed E-state index contributed by atoms with van der Waals surface area (Å²) in [7, 11) is 0. The van der Waals surface area contributed by atoms with Gasteiger partial charge in [0.2, 0.25) is 0 Å². The Hall–Kier alpha value is -3.31. The molecule has 1 aromatic heterocycles. The Morgan fingerprint density at radius 3 is 2.59 bits per heavy atom. The number of H-pyrrole nitrogens is 1. The van der Waals surface area contributed by atoms with Crippen LogP contribution in [-0.2, 0) is 6.54 Å². The zero-order valence-electron chi connectivity index (χ0n) is 20.8. The number of hydrogen-bond donors (Lipinski definition) is 1. The van der Waals surface area contributed by atoms with E-state index >= 15 is 0 Å². The maximum Gasteiger partial charge on any atom is 0.417 e. The van der Waals surface area contributed by atoms with Crippen LogP contribution < -0.4 is 10.7 Å². The molecule has 1 aliphatic heterocycles. The number of nitrogens with one attached hydrogen (secondary N) is 1. The van der Waals surface area contributed by atoms with Crippen molar-refractivity contribution in [3.63, 3.8) is 0 Å². The second-order valence-corrected chi connectivity index (χ2v) is 7.13. The monoisotopic (exact) mass is 390 g/mol. The zero-order valence-corrected chi connectivity index (χ0v) is 15.8. The van der Waals surface area contributed by atoms with Crippen molar-refractivity contribution < 1.29 is 11.3 Å². The number of oxazole rings is 1. The van der Waals surface area contributed by atoms with Crippen molar-refractivity contribution in [3.05, 3.63) is 88.8 Å². The van der Waals surface area contributed by atoms with Gasteiger partial charge >= 0.3 is 5.76 Å². The van der Waals surface area contributed by atoms with Crippen LogP contribution in [0.15, 0.2) is 81.9 Å². The molecule has 5 rings (SSSR count). The molecule has 1 aliphatic rings. The average molecular weight is 390 g/mol. The van der Waals surface area contributed by atoms with Crippen molar-refractivity contribution in [1.29, 1.82) is 0 Å². The summed E-state index contributed by atoms with van der Waals surface area (Å²) in [4.78, 5) is 18.8. The molecular weight excluding hydrogens is 362 g/mol. The fourth-order valence-corrected chi connectivity index (χ4v) is 3.83. The molecule has 5 heteroatoms. The number of nitrogens with zero attached hydrogens (tertiary/aromatic N) is 2. The minimum absolute atomic E-state index is 0.192. The lowest BCUT2D eigenvalue weighted by molar-refractivity contribution is 0.250. The summed E-state index contributed by atoms with van der Waals surface area (Å²) >= 11 is 0. The van der Waals surface area contributed by atoms with Gasteiger partial charge in [0.05, 0.1) is 18.1 Å². The summed E-state index contributed by atoms with van der Waals surface area (Å²) in [6, 6.07) is 11.8. The molecule has 29 heavy (non-hydrogen) atoms. The molecule has 0 unspecified atom stereocenters. The van der Waals surface area contributed by atoms with Crippen molar-refractivity contribution >= 4 is 16.8 Å². The minimum Gasteiger partial charge on any atom is -0.406 e. The largest absolute Gasteiger partial charge is 0.417 e. The van der Waals surface area contributed by atoms with Crippen LogP contribution in [0.1, 0.15) is 12.4 Å². The van der Waals surface area contributed by atoms with Gasteiger partial charge < -0.3 is 9.32 Å². The molecule has 4 aromatic rings. The highest BCUT2D eigenvalue weighted by Crippen LogP contribution is 2.26. The van der Waals surface area contributed by atoms with E-state index in [1.807, 2.05) is 36.4 Å². The molecule has 1 fully saturated rings. The first-order valence-corrected chi connectivity index (χ1v) is 9.59. The SMILES string of the molecule is [2H]c1c([2H])c([2H])c(-c2cccc(CN3CCN(c4cccc5[nH]c(=O)oc45)CC3)c2)c([2H])c1[2H]. The number of benzene rings is 3.